The van der Waals surface area contributed by atoms with Crippen LogP contribution in [0.1, 0.15) is 50.5 Å². The van der Waals surface area contributed by atoms with Crippen molar-refractivity contribution in [1.29, 1.82) is 0 Å². The van der Waals surface area contributed by atoms with Crippen LogP contribution in [0.15, 0.2) is 6.07 Å². The number of carbonyl (C=O) groups excluding carboxylic acids is 1. The van der Waals surface area contributed by atoms with E-state index in [1.807, 2.05) is 0 Å². The summed E-state index contributed by atoms with van der Waals surface area (Å²) in [6.07, 6.45) is 3.46. The molecule has 3 unspecified atom stereocenters. The molecule has 2 aliphatic rings. The van der Waals surface area contributed by atoms with Crippen LogP contribution < -0.4 is 5.32 Å². The van der Waals surface area contributed by atoms with E-state index in [-0.39, 0.29) is 34.3 Å². The molecule has 1 amide bonds. The second-order valence-corrected chi connectivity index (χ2v) is 7.22. The van der Waals surface area contributed by atoms with E-state index in [4.69, 9.17) is 0 Å². The summed E-state index contributed by atoms with van der Waals surface area (Å²) in [6.45, 7) is 6.61. The largest absolute Gasteiger partial charge is 0.358 e. The summed E-state index contributed by atoms with van der Waals surface area (Å²) in [4.78, 5) is 22.4. The van der Waals surface area contributed by atoms with Gasteiger partial charge in [-0.05, 0) is 40.9 Å². The van der Waals surface area contributed by atoms with Crippen molar-refractivity contribution < 1.29 is 9.72 Å². The molecule has 1 aromatic rings. The van der Waals surface area contributed by atoms with Gasteiger partial charge in [0.15, 0.2) is 5.69 Å². The zero-order chi connectivity index (χ0) is 15.4. The maximum atomic E-state index is 12.3. The molecule has 2 aliphatic carbocycles. The predicted octanol–water partition coefficient (Wildman–Crippen LogP) is 2.26. The molecule has 114 valence electrons. The van der Waals surface area contributed by atoms with E-state index >= 15 is 0 Å². The van der Waals surface area contributed by atoms with Gasteiger partial charge in [-0.3, -0.25) is 4.79 Å². The van der Waals surface area contributed by atoms with Gasteiger partial charge >= 0.3 is 5.82 Å². The number of nitro groups is 1. The number of rotatable bonds is 3. The number of nitrogens with one attached hydrogen (secondary N) is 2. The molecule has 0 radical (unpaired) electrons. The van der Waals surface area contributed by atoms with Crippen molar-refractivity contribution in [3.8, 4) is 0 Å². The van der Waals surface area contributed by atoms with Crippen LogP contribution in [0.25, 0.3) is 0 Å². The summed E-state index contributed by atoms with van der Waals surface area (Å²) in [5.74, 6) is 0.0195. The van der Waals surface area contributed by atoms with Crippen molar-refractivity contribution in [1.82, 2.24) is 15.5 Å². The third-order valence-electron chi connectivity index (χ3n) is 5.54. The highest BCUT2D eigenvalue weighted by molar-refractivity contribution is 5.93. The van der Waals surface area contributed by atoms with Crippen LogP contribution in [-0.2, 0) is 0 Å². The Balaban J connectivity index is 1.79. The van der Waals surface area contributed by atoms with E-state index in [0.717, 1.165) is 12.8 Å². The molecular formula is C14H20N4O3. The third kappa shape index (κ3) is 2.02. The number of H-pyrrole nitrogens is 1. The molecule has 21 heavy (non-hydrogen) atoms. The SMILES string of the molecule is CC12CCC(C1)C(C)(C)C2NC(=O)c1cc([N+](=O)[O-])[nH]n1. The van der Waals surface area contributed by atoms with Gasteiger partial charge in [-0.15, -0.1) is 5.10 Å². The highest BCUT2D eigenvalue weighted by atomic mass is 16.6. The lowest BCUT2D eigenvalue weighted by Crippen LogP contribution is -2.52. The molecule has 0 aromatic carbocycles. The van der Waals surface area contributed by atoms with Crippen LogP contribution in [0.2, 0.25) is 0 Å². The zero-order valence-corrected chi connectivity index (χ0v) is 12.5. The van der Waals surface area contributed by atoms with Gasteiger partial charge in [0.25, 0.3) is 5.91 Å². The molecule has 0 aliphatic heterocycles. The second-order valence-electron chi connectivity index (χ2n) is 7.22. The number of aromatic nitrogens is 2. The Morgan fingerprint density at radius 2 is 2.24 bits per heavy atom. The molecule has 3 atom stereocenters. The van der Waals surface area contributed by atoms with Crippen LogP contribution in [0, 0.1) is 26.9 Å². The van der Waals surface area contributed by atoms with Crippen molar-refractivity contribution in [2.75, 3.05) is 0 Å². The lowest BCUT2D eigenvalue weighted by molar-refractivity contribution is -0.389. The number of aromatic amines is 1. The predicted molar refractivity (Wildman–Crippen MR) is 75.7 cm³/mol. The first-order valence-corrected chi connectivity index (χ1v) is 7.25. The first-order valence-electron chi connectivity index (χ1n) is 7.25. The molecule has 7 heteroatoms. The standard InChI is InChI=1S/C14H20N4O3/c1-13(2)8-4-5-14(3,7-8)12(13)15-11(19)9-6-10(17-16-9)18(20)21/h6,8,12H,4-5,7H2,1-3H3,(H,15,19)(H,16,17). The Morgan fingerprint density at radius 1 is 1.52 bits per heavy atom. The summed E-state index contributed by atoms with van der Waals surface area (Å²) >= 11 is 0. The molecule has 2 fully saturated rings. The van der Waals surface area contributed by atoms with Crippen LogP contribution >= 0.6 is 0 Å². The molecule has 7 nitrogen and oxygen atoms in total. The number of amides is 1. The monoisotopic (exact) mass is 292 g/mol. The van der Waals surface area contributed by atoms with Gasteiger partial charge in [0.1, 0.15) is 0 Å². The van der Waals surface area contributed by atoms with Gasteiger partial charge in [-0.1, -0.05) is 25.9 Å². The van der Waals surface area contributed by atoms with E-state index in [1.165, 1.54) is 12.5 Å². The summed E-state index contributed by atoms with van der Waals surface area (Å²) in [5.41, 5.74) is 0.237. The fourth-order valence-corrected chi connectivity index (χ4v) is 4.39. The van der Waals surface area contributed by atoms with Crippen molar-refractivity contribution >= 4 is 11.7 Å². The lowest BCUT2D eigenvalue weighted by Gasteiger charge is -2.42. The first kappa shape index (κ1) is 14.0. The van der Waals surface area contributed by atoms with Gasteiger partial charge in [0.05, 0.1) is 6.07 Å². The highest BCUT2D eigenvalue weighted by Crippen LogP contribution is 2.62. The van der Waals surface area contributed by atoms with Gasteiger partial charge in [0.2, 0.25) is 0 Å². The molecule has 0 spiro atoms. The maximum Gasteiger partial charge on any atom is 0.343 e. The summed E-state index contributed by atoms with van der Waals surface area (Å²) < 4.78 is 0. The maximum absolute atomic E-state index is 12.3. The normalized spacial score (nSPS) is 33.1. The minimum atomic E-state index is -0.591. The number of hydrogen-bond acceptors (Lipinski definition) is 4. The summed E-state index contributed by atoms with van der Waals surface area (Å²) in [6, 6.07) is 1.25. The highest BCUT2D eigenvalue weighted by Gasteiger charge is 2.59. The van der Waals surface area contributed by atoms with E-state index in [9.17, 15) is 14.9 Å². The van der Waals surface area contributed by atoms with Gasteiger partial charge < -0.3 is 15.4 Å². The topological polar surface area (TPSA) is 101 Å². The number of hydrogen-bond donors (Lipinski definition) is 2. The Labute approximate surface area is 122 Å². The molecule has 3 rings (SSSR count). The molecule has 0 saturated heterocycles. The van der Waals surface area contributed by atoms with Crippen LogP contribution in [-0.4, -0.2) is 27.1 Å². The lowest BCUT2D eigenvalue weighted by atomic mass is 9.68. The van der Waals surface area contributed by atoms with Crippen LogP contribution in [0.4, 0.5) is 5.82 Å². The van der Waals surface area contributed by atoms with E-state index < -0.39 is 4.92 Å². The van der Waals surface area contributed by atoms with Crippen molar-refractivity contribution in [2.24, 2.45) is 16.7 Å². The van der Waals surface area contributed by atoms with Gasteiger partial charge in [-0.2, -0.15) is 0 Å². The molecule has 1 aromatic heterocycles. The summed E-state index contributed by atoms with van der Waals surface area (Å²) in [5, 5.41) is 19.7. The summed E-state index contributed by atoms with van der Waals surface area (Å²) in [7, 11) is 0. The Hall–Kier alpha value is -1.92. The zero-order valence-electron chi connectivity index (χ0n) is 12.5. The van der Waals surface area contributed by atoms with Crippen LogP contribution in [0.3, 0.4) is 0 Å². The Bertz CT molecular complexity index is 604. The Kier molecular flexibility index (Phi) is 2.86. The number of fused-ring (bicyclic) bond motifs is 2. The average Bonchev–Trinajstić information content (AvgIpc) is 3.05. The fourth-order valence-electron chi connectivity index (χ4n) is 4.39. The Morgan fingerprint density at radius 3 is 2.76 bits per heavy atom. The van der Waals surface area contributed by atoms with E-state index in [2.05, 4.69) is 36.3 Å². The number of carbonyl (C=O) groups is 1. The first-order chi connectivity index (χ1) is 9.74. The van der Waals surface area contributed by atoms with Crippen molar-refractivity contribution in [3.05, 3.63) is 21.9 Å². The second kappa shape index (κ2) is 4.29. The number of nitrogens with zero attached hydrogens (tertiary/aromatic N) is 2. The molecule has 2 saturated carbocycles. The van der Waals surface area contributed by atoms with Crippen molar-refractivity contribution in [2.45, 2.75) is 46.1 Å². The van der Waals surface area contributed by atoms with E-state index in [1.54, 1.807) is 0 Å². The van der Waals surface area contributed by atoms with E-state index in [0.29, 0.717) is 5.92 Å². The molecule has 2 N–H and O–H groups in total. The fraction of sp³-hybridized carbons (Fsp3) is 0.714. The average molecular weight is 292 g/mol. The third-order valence-corrected chi connectivity index (χ3v) is 5.54. The minimum Gasteiger partial charge on any atom is -0.358 e. The molecule has 2 bridgehead atoms. The van der Waals surface area contributed by atoms with Gasteiger partial charge in [0, 0.05) is 6.04 Å². The molecular weight excluding hydrogens is 272 g/mol. The smallest absolute Gasteiger partial charge is 0.343 e. The van der Waals surface area contributed by atoms with Gasteiger partial charge in [-0.25, -0.2) is 0 Å². The van der Waals surface area contributed by atoms with Crippen LogP contribution in [0.5, 0.6) is 0 Å². The minimum absolute atomic E-state index is 0.0465. The van der Waals surface area contributed by atoms with Crippen molar-refractivity contribution in [3.63, 3.8) is 0 Å². The molecule has 1 heterocycles. The quantitative estimate of drug-likeness (QED) is 0.659.